The van der Waals surface area contributed by atoms with E-state index in [0.29, 0.717) is 29.4 Å². The van der Waals surface area contributed by atoms with Crippen LogP contribution in [0.4, 0.5) is 0 Å². The maximum atomic E-state index is 12.9. The van der Waals surface area contributed by atoms with Crippen LogP contribution in [-0.2, 0) is 11.2 Å². The molecule has 0 atom stereocenters. The minimum atomic E-state index is -0.195. The minimum absolute atomic E-state index is 0.195. The van der Waals surface area contributed by atoms with Crippen molar-refractivity contribution in [2.24, 2.45) is 0 Å². The molecule has 0 saturated carbocycles. The predicted octanol–water partition coefficient (Wildman–Crippen LogP) is 3.06. The van der Waals surface area contributed by atoms with Crippen LogP contribution in [0.2, 0.25) is 0 Å². The summed E-state index contributed by atoms with van der Waals surface area (Å²) < 4.78 is 16.4. The van der Waals surface area contributed by atoms with E-state index in [2.05, 4.69) is 26.5 Å². The Hall–Kier alpha value is -2.40. The Kier molecular flexibility index (Phi) is 8.60. The van der Waals surface area contributed by atoms with Crippen molar-refractivity contribution in [3.8, 4) is 17.1 Å². The number of aromatic nitrogens is 4. The molecule has 3 heterocycles. The molecule has 2 aromatic heterocycles. The molecule has 4 rings (SSSR count). The van der Waals surface area contributed by atoms with Crippen LogP contribution in [-0.4, -0.2) is 70.5 Å². The lowest BCUT2D eigenvalue weighted by Gasteiger charge is -2.26. The number of hydrogen-bond donors (Lipinski definition) is 2. The molecule has 10 heteroatoms. The van der Waals surface area contributed by atoms with Gasteiger partial charge in [-0.15, -0.1) is 5.10 Å². The zero-order chi connectivity index (χ0) is 23.9. The van der Waals surface area contributed by atoms with E-state index in [1.807, 2.05) is 32.0 Å². The summed E-state index contributed by atoms with van der Waals surface area (Å²) in [7, 11) is 0. The Bertz CT molecular complexity index is 1160. The monoisotopic (exact) mass is 486 g/mol. The molecule has 184 valence electrons. The molecule has 1 fully saturated rings. The standard InChI is InChI=1S/C24H34N6O3S/c1-4-7-21-26-17(3)22-24(31)27-23(28-30(21)22)19-16-18(8-9-20(19)33-5-2)34-25-10-6-11-29-12-14-32-15-13-29/h8-9,16,25H,4-7,10-15H2,1-3H3,(H,27,28,31). The fourth-order valence-corrected chi connectivity index (χ4v) is 4.84. The van der Waals surface area contributed by atoms with Gasteiger partial charge in [-0.1, -0.05) is 6.92 Å². The molecule has 1 aromatic carbocycles. The number of rotatable bonds is 11. The van der Waals surface area contributed by atoms with Crippen molar-refractivity contribution in [3.05, 3.63) is 40.1 Å². The highest BCUT2D eigenvalue weighted by Crippen LogP contribution is 2.31. The maximum Gasteiger partial charge on any atom is 0.277 e. The number of fused-ring (bicyclic) bond motifs is 1. The Morgan fingerprint density at radius 1 is 1.26 bits per heavy atom. The number of nitrogens with one attached hydrogen (secondary N) is 2. The average Bonchev–Trinajstić information content (AvgIpc) is 3.16. The molecular formula is C24H34N6O3S. The molecule has 1 saturated heterocycles. The largest absolute Gasteiger partial charge is 0.493 e. The molecule has 1 aliphatic heterocycles. The molecular weight excluding hydrogens is 452 g/mol. The van der Waals surface area contributed by atoms with Gasteiger partial charge >= 0.3 is 0 Å². The van der Waals surface area contributed by atoms with Crippen molar-refractivity contribution < 1.29 is 9.47 Å². The molecule has 0 radical (unpaired) electrons. The Morgan fingerprint density at radius 2 is 2.09 bits per heavy atom. The normalized spacial score (nSPS) is 14.7. The maximum absolute atomic E-state index is 12.9. The summed E-state index contributed by atoms with van der Waals surface area (Å²) in [6.07, 6.45) is 2.76. The first-order chi connectivity index (χ1) is 16.6. The Morgan fingerprint density at radius 3 is 2.85 bits per heavy atom. The second-order valence-electron chi connectivity index (χ2n) is 8.32. The van der Waals surface area contributed by atoms with Crippen LogP contribution in [0.1, 0.15) is 38.2 Å². The highest BCUT2D eigenvalue weighted by molar-refractivity contribution is 7.97. The number of H-pyrrole nitrogens is 1. The number of aryl methyl sites for hydroxylation is 2. The van der Waals surface area contributed by atoms with E-state index >= 15 is 0 Å². The van der Waals surface area contributed by atoms with Crippen molar-refractivity contribution in [2.75, 3.05) is 46.0 Å². The molecule has 0 spiro atoms. The van der Waals surface area contributed by atoms with E-state index in [4.69, 9.17) is 14.6 Å². The van der Waals surface area contributed by atoms with Crippen LogP contribution in [0.5, 0.6) is 5.75 Å². The summed E-state index contributed by atoms with van der Waals surface area (Å²) in [6.45, 7) is 12.1. The third-order valence-corrected chi connectivity index (χ3v) is 6.61. The molecule has 9 nitrogen and oxygen atoms in total. The first-order valence-electron chi connectivity index (χ1n) is 12.1. The van der Waals surface area contributed by atoms with Crippen molar-refractivity contribution in [2.45, 2.75) is 44.9 Å². The lowest BCUT2D eigenvalue weighted by Crippen LogP contribution is -2.37. The van der Waals surface area contributed by atoms with Gasteiger partial charge in [-0.3, -0.25) is 14.4 Å². The second kappa shape index (κ2) is 11.8. The quantitative estimate of drug-likeness (QED) is 0.315. The minimum Gasteiger partial charge on any atom is -0.493 e. The average molecular weight is 487 g/mol. The van der Waals surface area contributed by atoms with Gasteiger partial charge < -0.3 is 14.5 Å². The van der Waals surface area contributed by atoms with Crippen LogP contribution in [0.25, 0.3) is 16.9 Å². The van der Waals surface area contributed by atoms with E-state index in [9.17, 15) is 4.79 Å². The summed E-state index contributed by atoms with van der Waals surface area (Å²) in [4.78, 5) is 23.9. The summed E-state index contributed by atoms with van der Waals surface area (Å²) >= 11 is 1.58. The Balaban J connectivity index is 1.52. The molecule has 0 aliphatic carbocycles. The number of ether oxygens (including phenoxy) is 2. The van der Waals surface area contributed by atoms with Crippen LogP contribution < -0.4 is 15.0 Å². The Labute approximate surface area is 204 Å². The number of hydrogen-bond acceptors (Lipinski definition) is 8. The number of imidazole rings is 1. The first-order valence-corrected chi connectivity index (χ1v) is 12.9. The third kappa shape index (κ3) is 5.80. The topological polar surface area (TPSA) is 96.8 Å². The van der Waals surface area contributed by atoms with Gasteiger partial charge in [0.15, 0.2) is 11.3 Å². The van der Waals surface area contributed by atoms with Gasteiger partial charge in [0.05, 0.1) is 31.1 Å². The van der Waals surface area contributed by atoms with Gasteiger partial charge in [0, 0.05) is 31.0 Å². The number of morpholine rings is 1. The fourth-order valence-electron chi connectivity index (χ4n) is 4.12. The SMILES string of the molecule is CCCc1nc(C)c2c(=O)[nH]c(-c3cc(SNCCCN4CCOCC4)ccc3OCC)nn12. The van der Waals surface area contributed by atoms with Crippen molar-refractivity contribution in [3.63, 3.8) is 0 Å². The highest BCUT2D eigenvalue weighted by Gasteiger charge is 2.17. The van der Waals surface area contributed by atoms with Gasteiger partial charge in [0.2, 0.25) is 0 Å². The van der Waals surface area contributed by atoms with Crippen molar-refractivity contribution >= 4 is 17.5 Å². The lowest BCUT2D eigenvalue weighted by atomic mass is 10.2. The van der Waals surface area contributed by atoms with Crippen molar-refractivity contribution in [1.82, 2.24) is 29.2 Å². The number of aromatic amines is 1. The van der Waals surface area contributed by atoms with Gasteiger partial charge in [-0.05, 0) is 63.4 Å². The molecule has 0 amide bonds. The molecule has 0 unspecified atom stereocenters. The summed E-state index contributed by atoms with van der Waals surface area (Å²) in [6, 6.07) is 5.97. The highest BCUT2D eigenvalue weighted by atomic mass is 32.2. The second-order valence-corrected chi connectivity index (χ2v) is 9.29. The van der Waals surface area contributed by atoms with Gasteiger partial charge in [0.25, 0.3) is 5.56 Å². The van der Waals surface area contributed by atoms with Crippen LogP contribution in [0.3, 0.4) is 0 Å². The van der Waals surface area contributed by atoms with E-state index in [1.54, 1.807) is 16.5 Å². The molecule has 1 aliphatic rings. The summed E-state index contributed by atoms with van der Waals surface area (Å²) in [5, 5.41) is 4.76. The number of benzene rings is 1. The lowest BCUT2D eigenvalue weighted by molar-refractivity contribution is 0.0376. The van der Waals surface area contributed by atoms with E-state index in [1.165, 1.54) is 0 Å². The van der Waals surface area contributed by atoms with E-state index < -0.39 is 0 Å². The third-order valence-electron chi connectivity index (χ3n) is 5.77. The zero-order valence-corrected chi connectivity index (χ0v) is 21.0. The summed E-state index contributed by atoms with van der Waals surface area (Å²) in [5.74, 6) is 1.97. The predicted molar refractivity (Wildman–Crippen MR) is 135 cm³/mol. The molecule has 2 N–H and O–H groups in total. The van der Waals surface area contributed by atoms with Crippen LogP contribution in [0.15, 0.2) is 27.9 Å². The zero-order valence-electron chi connectivity index (χ0n) is 20.2. The molecule has 3 aromatic rings. The van der Waals surface area contributed by atoms with Gasteiger partial charge in [0.1, 0.15) is 11.6 Å². The smallest absolute Gasteiger partial charge is 0.277 e. The molecule has 34 heavy (non-hydrogen) atoms. The van der Waals surface area contributed by atoms with Gasteiger partial charge in [-0.2, -0.15) is 0 Å². The van der Waals surface area contributed by atoms with Crippen LogP contribution >= 0.6 is 11.9 Å². The number of nitrogens with zero attached hydrogens (tertiary/aromatic N) is 4. The van der Waals surface area contributed by atoms with E-state index in [-0.39, 0.29) is 5.56 Å². The summed E-state index contributed by atoms with van der Waals surface area (Å²) in [5.41, 5.74) is 1.76. The van der Waals surface area contributed by atoms with E-state index in [0.717, 1.165) is 74.9 Å². The first kappa shape index (κ1) is 24.7. The van der Waals surface area contributed by atoms with Crippen molar-refractivity contribution in [1.29, 1.82) is 0 Å². The fraction of sp³-hybridized carbons (Fsp3) is 0.542. The van der Waals surface area contributed by atoms with Crippen LogP contribution in [0, 0.1) is 6.92 Å². The van der Waals surface area contributed by atoms with Gasteiger partial charge in [-0.25, -0.2) is 9.50 Å². The molecule has 0 bridgehead atoms.